The highest BCUT2D eigenvalue weighted by Gasteiger charge is 2.23. The molecule has 0 radical (unpaired) electrons. The third kappa shape index (κ3) is 5.44. The fraction of sp³-hybridized carbons (Fsp3) is 0.583. The van der Waals surface area contributed by atoms with Gasteiger partial charge in [0.25, 0.3) is 0 Å². The lowest BCUT2D eigenvalue weighted by molar-refractivity contribution is 0.323. The maximum absolute atomic E-state index is 5.96. The largest absolute Gasteiger partial charge is 0.362 e. The highest BCUT2D eigenvalue weighted by Crippen LogP contribution is 2.30. The minimum absolute atomic E-state index is 0.481. The predicted molar refractivity (Wildman–Crippen MR) is 126 cm³/mol. The fourth-order valence-electron chi connectivity index (χ4n) is 4.73. The highest BCUT2D eigenvalue weighted by atomic mass is 35.5. The van der Waals surface area contributed by atoms with Gasteiger partial charge in [0.1, 0.15) is 5.82 Å². The van der Waals surface area contributed by atoms with Crippen molar-refractivity contribution in [1.82, 2.24) is 15.3 Å². The van der Waals surface area contributed by atoms with Gasteiger partial charge in [-0.15, -0.1) is 0 Å². The van der Waals surface area contributed by atoms with E-state index in [9.17, 15) is 0 Å². The number of rotatable bonds is 7. The summed E-state index contributed by atoms with van der Waals surface area (Å²) >= 11 is 5.96. The van der Waals surface area contributed by atoms with E-state index in [1.807, 2.05) is 12.1 Å². The summed E-state index contributed by atoms with van der Waals surface area (Å²) < 4.78 is 0. The van der Waals surface area contributed by atoms with Gasteiger partial charge in [-0.05, 0) is 81.5 Å². The summed E-state index contributed by atoms with van der Waals surface area (Å²) in [7, 11) is 4.17. The number of hydrogen-bond acceptors (Lipinski definition) is 5. The number of anilines is 2. The molecular formula is C24H34ClN5. The van der Waals surface area contributed by atoms with Crippen LogP contribution >= 0.6 is 11.6 Å². The quantitative estimate of drug-likeness (QED) is 0.662. The lowest BCUT2D eigenvalue weighted by Gasteiger charge is -2.30. The lowest BCUT2D eigenvalue weighted by Crippen LogP contribution is -2.32. The Labute approximate surface area is 185 Å². The molecule has 2 aromatic rings. The van der Waals surface area contributed by atoms with Crippen LogP contribution in [0, 0.1) is 5.92 Å². The van der Waals surface area contributed by atoms with Crippen LogP contribution in [0.3, 0.4) is 0 Å². The van der Waals surface area contributed by atoms with Gasteiger partial charge in [0.05, 0.1) is 5.69 Å². The Morgan fingerprint density at radius 1 is 1.00 bits per heavy atom. The van der Waals surface area contributed by atoms with Gasteiger partial charge < -0.3 is 15.5 Å². The van der Waals surface area contributed by atoms with E-state index in [0.29, 0.717) is 6.04 Å². The molecule has 1 heterocycles. The van der Waals surface area contributed by atoms with Crippen LogP contribution in [0.2, 0.25) is 5.02 Å². The minimum Gasteiger partial charge on any atom is -0.362 e. The third-order valence-corrected chi connectivity index (χ3v) is 6.69. The van der Waals surface area contributed by atoms with E-state index in [1.165, 1.54) is 55.3 Å². The maximum atomic E-state index is 5.96. The van der Waals surface area contributed by atoms with Crippen molar-refractivity contribution in [2.75, 3.05) is 30.9 Å². The second-order valence-electron chi connectivity index (χ2n) is 9.02. The predicted octanol–water partition coefficient (Wildman–Crippen LogP) is 4.84. The van der Waals surface area contributed by atoms with Gasteiger partial charge in [-0.1, -0.05) is 23.7 Å². The average molecular weight is 428 g/mol. The van der Waals surface area contributed by atoms with E-state index in [-0.39, 0.29) is 0 Å². The van der Waals surface area contributed by atoms with Crippen LogP contribution in [0.4, 0.5) is 11.8 Å². The van der Waals surface area contributed by atoms with Gasteiger partial charge in [-0.2, -0.15) is 4.98 Å². The topological polar surface area (TPSA) is 53.1 Å². The molecule has 5 nitrogen and oxygen atoms in total. The number of nitrogens with one attached hydrogen (secondary N) is 2. The lowest BCUT2D eigenvalue weighted by atomic mass is 9.86. The number of halogens is 1. The molecule has 0 amide bonds. The smallest absolute Gasteiger partial charge is 0.225 e. The van der Waals surface area contributed by atoms with E-state index in [0.717, 1.165) is 48.6 Å². The Morgan fingerprint density at radius 3 is 2.47 bits per heavy atom. The van der Waals surface area contributed by atoms with Gasteiger partial charge in [-0.3, -0.25) is 0 Å². The average Bonchev–Trinajstić information content (AvgIpc) is 2.76. The van der Waals surface area contributed by atoms with Crippen molar-refractivity contribution in [1.29, 1.82) is 0 Å². The first kappa shape index (κ1) is 21.4. The summed E-state index contributed by atoms with van der Waals surface area (Å²) in [5, 5.41) is 8.06. The van der Waals surface area contributed by atoms with Gasteiger partial charge in [0.2, 0.25) is 5.95 Å². The van der Waals surface area contributed by atoms with Crippen LogP contribution in [0.5, 0.6) is 0 Å². The molecule has 162 valence electrons. The maximum Gasteiger partial charge on any atom is 0.225 e. The molecule has 0 atom stereocenters. The zero-order valence-electron chi connectivity index (χ0n) is 18.3. The Bertz CT molecular complexity index is 828. The molecule has 0 saturated heterocycles. The molecule has 0 spiro atoms. The summed E-state index contributed by atoms with van der Waals surface area (Å²) in [5.74, 6) is 2.67. The Morgan fingerprint density at radius 2 is 1.73 bits per heavy atom. The molecule has 2 aliphatic carbocycles. The van der Waals surface area contributed by atoms with Crippen molar-refractivity contribution in [3.8, 4) is 0 Å². The number of fused-ring (bicyclic) bond motifs is 1. The van der Waals surface area contributed by atoms with Gasteiger partial charge in [0.15, 0.2) is 0 Å². The number of hydrogen-bond donors (Lipinski definition) is 2. The molecule has 1 aromatic heterocycles. The second kappa shape index (κ2) is 9.97. The molecule has 1 fully saturated rings. The molecule has 6 heteroatoms. The van der Waals surface area contributed by atoms with Gasteiger partial charge >= 0.3 is 0 Å². The number of aryl methyl sites for hydroxylation is 1. The van der Waals surface area contributed by atoms with Crippen molar-refractivity contribution >= 4 is 23.4 Å². The molecule has 0 aliphatic heterocycles. The van der Waals surface area contributed by atoms with Crippen molar-refractivity contribution in [2.24, 2.45) is 5.92 Å². The fourth-order valence-corrected chi connectivity index (χ4v) is 4.85. The number of aromatic nitrogens is 2. The van der Waals surface area contributed by atoms with Crippen molar-refractivity contribution < 1.29 is 0 Å². The molecule has 2 aliphatic rings. The summed E-state index contributed by atoms with van der Waals surface area (Å²) in [6.07, 6.45) is 9.55. The molecule has 0 unspecified atom stereocenters. The number of benzene rings is 1. The normalized spacial score (nSPS) is 21.2. The summed E-state index contributed by atoms with van der Waals surface area (Å²) in [4.78, 5) is 11.9. The Balaban J connectivity index is 1.26. The zero-order valence-corrected chi connectivity index (χ0v) is 19.0. The van der Waals surface area contributed by atoms with Crippen LogP contribution in [0.25, 0.3) is 0 Å². The summed E-state index contributed by atoms with van der Waals surface area (Å²) in [6, 6.07) is 8.59. The van der Waals surface area contributed by atoms with E-state index >= 15 is 0 Å². The first-order chi connectivity index (χ1) is 14.6. The van der Waals surface area contributed by atoms with Crippen LogP contribution in [0.15, 0.2) is 24.3 Å². The molecule has 2 N–H and O–H groups in total. The monoisotopic (exact) mass is 427 g/mol. The summed E-state index contributed by atoms with van der Waals surface area (Å²) in [5.41, 5.74) is 3.89. The Kier molecular flexibility index (Phi) is 7.11. The SMILES string of the molecule is CN(C)c1nc(NC2CCC(CNCc3ccc(Cl)cc3)CC2)nc2c1CCCC2. The minimum atomic E-state index is 0.481. The molecule has 4 rings (SSSR count). The van der Waals surface area contributed by atoms with E-state index in [2.05, 4.69) is 41.8 Å². The van der Waals surface area contributed by atoms with Crippen LogP contribution in [-0.4, -0.2) is 36.6 Å². The molecule has 30 heavy (non-hydrogen) atoms. The third-order valence-electron chi connectivity index (χ3n) is 6.44. The number of nitrogens with zero attached hydrogens (tertiary/aromatic N) is 3. The molecule has 1 aromatic carbocycles. The van der Waals surface area contributed by atoms with Gasteiger partial charge in [0, 0.05) is 37.3 Å². The van der Waals surface area contributed by atoms with Crippen molar-refractivity contribution in [3.05, 3.63) is 46.1 Å². The molecule has 1 saturated carbocycles. The van der Waals surface area contributed by atoms with E-state index in [4.69, 9.17) is 21.6 Å². The van der Waals surface area contributed by atoms with Crippen LogP contribution < -0.4 is 15.5 Å². The Hall–Kier alpha value is -1.85. The van der Waals surface area contributed by atoms with E-state index in [1.54, 1.807) is 0 Å². The highest BCUT2D eigenvalue weighted by molar-refractivity contribution is 6.30. The summed E-state index contributed by atoms with van der Waals surface area (Å²) in [6.45, 7) is 1.99. The van der Waals surface area contributed by atoms with Crippen LogP contribution in [-0.2, 0) is 19.4 Å². The van der Waals surface area contributed by atoms with E-state index < -0.39 is 0 Å². The molecular weight excluding hydrogens is 394 g/mol. The first-order valence-electron chi connectivity index (χ1n) is 11.4. The van der Waals surface area contributed by atoms with Gasteiger partial charge in [-0.25, -0.2) is 4.98 Å². The van der Waals surface area contributed by atoms with Crippen LogP contribution in [0.1, 0.15) is 55.3 Å². The second-order valence-corrected chi connectivity index (χ2v) is 9.45. The zero-order chi connectivity index (χ0) is 20.9. The van der Waals surface area contributed by atoms with Crippen molar-refractivity contribution in [2.45, 2.75) is 64.0 Å². The molecule has 0 bridgehead atoms. The first-order valence-corrected chi connectivity index (χ1v) is 11.7. The standard InChI is InChI=1S/C24H34ClN5/c1-30(2)23-21-5-3-4-6-22(21)28-24(29-23)27-20-13-9-18(10-14-20)16-26-15-17-7-11-19(25)12-8-17/h7-8,11-12,18,20,26H,3-6,9-10,13-16H2,1-2H3,(H,27,28,29). The van der Waals surface area contributed by atoms with Crippen molar-refractivity contribution in [3.63, 3.8) is 0 Å².